The maximum absolute atomic E-state index is 13.0. The summed E-state index contributed by atoms with van der Waals surface area (Å²) in [5.74, 6) is -0.166. The minimum absolute atomic E-state index is 0.0126. The van der Waals surface area contributed by atoms with Crippen LogP contribution in [0.3, 0.4) is 0 Å². The van der Waals surface area contributed by atoms with Crippen LogP contribution in [0.5, 0.6) is 11.5 Å². The molecule has 1 aliphatic rings. The Morgan fingerprint density at radius 2 is 1.73 bits per heavy atom. The number of fused-ring (bicyclic) bond motifs is 1. The van der Waals surface area contributed by atoms with Crippen molar-refractivity contribution in [3.05, 3.63) is 53.6 Å². The van der Waals surface area contributed by atoms with E-state index in [1.165, 1.54) is 18.2 Å². The monoisotopic (exact) mass is 388 g/mol. The lowest BCUT2D eigenvalue weighted by molar-refractivity contribution is -0.139. The molecule has 0 saturated carbocycles. The van der Waals surface area contributed by atoms with Gasteiger partial charge in [0.25, 0.3) is 15.9 Å². The van der Waals surface area contributed by atoms with Crippen LogP contribution in [0.25, 0.3) is 0 Å². The van der Waals surface area contributed by atoms with E-state index in [9.17, 15) is 26.4 Å². The topological polar surface area (TPSA) is 93.7 Å². The first kappa shape index (κ1) is 18.0. The quantitative estimate of drug-likeness (QED) is 0.782. The molecule has 0 saturated heterocycles. The van der Waals surface area contributed by atoms with Crippen molar-refractivity contribution in [3.63, 3.8) is 0 Å². The first-order chi connectivity index (χ1) is 12.2. The zero-order valence-electron chi connectivity index (χ0n) is 12.8. The lowest BCUT2D eigenvalue weighted by Gasteiger charge is -2.14. The van der Waals surface area contributed by atoms with E-state index in [4.69, 9.17) is 9.47 Å². The Morgan fingerprint density at radius 3 is 2.46 bits per heavy atom. The summed E-state index contributed by atoms with van der Waals surface area (Å²) in [4.78, 5) is 12.7. The molecule has 3 rings (SSSR count). The average molecular weight is 388 g/mol. The third kappa shape index (κ3) is 3.58. The molecule has 1 amide bonds. The summed E-state index contributed by atoms with van der Waals surface area (Å²) < 4.78 is 73.4. The summed E-state index contributed by atoms with van der Waals surface area (Å²) in [6.07, 6.45) is -4.87. The highest BCUT2D eigenvalue weighted by molar-refractivity contribution is 7.89. The lowest BCUT2D eigenvalue weighted by atomic mass is 10.2. The molecule has 0 atom stereocenters. The Balaban J connectivity index is 1.78. The number of benzene rings is 2. The predicted molar refractivity (Wildman–Crippen MR) is 81.8 cm³/mol. The Kier molecular flexibility index (Phi) is 4.50. The van der Waals surface area contributed by atoms with Crippen LogP contribution in [0.15, 0.2) is 47.4 Å². The number of sulfonamides is 1. The number of halogens is 3. The highest BCUT2D eigenvalue weighted by atomic mass is 32.2. The molecule has 0 radical (unpaired) electrons. The maximum atomic E-state index is 13.0. The third-order valence-corrected chi connectivity index (χ3v) is 4.72. The van der Waals surface area contributed by atoms with Gasteiger partial charge in [-0.3, -0.25) is 10.2 Å². The standard InChI is InChI=1S/C15H11F3N2O5S/c16-15(17,18)10-3-1-2-4-13(10)26(22,23)20-19-14(21)9-5-6-11-12(7-9)25-8-24-11/h1-7,20H,8H2,(H,19,21). The summed E-state index contributed by atoms with van der Waals surface area (Å²) in [6.45, 7) is -0.0126. The molecule has 0 aromatic heterocycles. The summed E-state index contributed by atoms with van der Waals surface area (Å²) in [7, 11) is -4.65. The van der Waals surface area contributed by atoms with Crippen LogP contribution in [0.1, 0.15) is 15.9 Å². The number of carbonyl (C=O) groups excluding carboxylic acids is 1. The second-order valence-electron chi connectivity index (χ2n) is 5.12. The average Bonchev–Trinajstić information content (AvgIpc) is 3.06. The van der Waals surface area contributed by atoms with Gasteiger partial charge in [0.1, 0.15) is 0 Å². The summed E-state index contributed by atoms with van der Waals surface area (Å²) in [5.41, 5.74) is 0.553. The Labute approximate surface area is 145 Å². The molecular weight excluding hydrogens is 377 g/mol. The van der Waals surface area contributed by atoms with E-state index in [0.29, 0.717) is 17.6 Å². The number of hydrogen-bond acceptors (Lipinski definition) is 5. The smallest absolute Gasteiger partial charge is 0.417 e. The molecule has 0 bridgehead atoms. The van der Waals surface area contributed by atoms with Crippen LogP contribution in [0, 0.1) is 0 Å². The highest BCUT2D eigenvalue weighted by Crippen LogP contribution is 2.34. The van der Waals surface area contributed by atoms with Gasteiger partial charge < -0.3 is 9.47 Å². The second kappa shape index (κ2) is 6.50. The second-order valence-corrected chi connectivity index (χ2v) is 6.77. The predicted octanol–water partition coefficient (Wildman–Crippen LogP) is 2.06. The number of nitrogens with one attached hydrogen (secondary N) is 2. The largest absolute Gasteiger partial charge is 0.454 e. The molecule has 0 fully saturated rings. The van der Waals surface area contributed by atoms with E-state index in [-0.39, 0.29) is 12.4 Å². The van der Waals surface area contributed by atoms with Crippen LogP contribution in [-0.4, -0.2) is 21.1 Å². The van der Waals surface area contributed by atoms with E-state index < -0.39 is 32.6 Å². The summed E-state index contributed by atoms with van der Waals surface area (Å²) >= 11 is 0. The molecule has 26 heavy (non-hydrogen) atoms. The maximum Gasteiger partial charge on any atom is 0.417 e. The Hall–Kier alpha value is -2.79. The van der Waals surface area contributed by atoms with Gasteiger partial charge in [-0.05, 0) is 30.3 Å². The molecule has 7 nitrogen and oxygen atoms in total. The van der Waals surface area contributed by atoms with Crippen LogP contribution < -0.4 is 19.7 Å². The number of ether oxygens (including phenoxy) is 2. The normalized spacial score (nSPS) is 13.5. The number of rotatable bonds is 4. The minimum Gasteiger partial charge on any atom is -0.454 e. The van der Waals surface area contributed by atoms with Crippen molar-refractivity contribution in [1.29, 1.82) is 0 Å². The van der Waals surface area contributed by atoms with Crippen molar-refractivity contribution in [3.8, 4) is 11.5 Å². The molecule has 0 unspecified atom stereocenters. The summed E-state index contributed by atoms with van der Waals surface area (Å²) in [6, 6.07) is 7.74. The molecule has 1 heterocycles. The molecule has 1 aliphatic heterocycles. The fourth-order valence-corrected chi connectivity index (χ4v) is 3.28. The van der Waals surface area contributed by atoms with Crippen LogP contribution in [0.4, 0.5) is 13.2 Å². The zero-order chi connectivity index (χ0) is 18.9. The van der Waals surface area contributed by atoms with Gasteiger partial charge in [0.05, 0.1) is 10.5 Å². The van der Waals surface area contributed by atoms with Crippen molar-refractivity contribution in [2.45, 2.75) is 11.1 Å². The molecule has 11 heteroatoms. The SMILES string of the molecule is O=C(NNS(=O)(=O)c1ccccc1C(F)(F)F)c1ccc2c(c1)OCO2. The number of hydrogen-bond donors (Lipinski definition) is 2. The fourth-order valence-electron chi connectivity index (χ4n) is 2.21. The first-order valence-electron chi connectivity index (χ1n) is 7.06. The van der Waals surface area contributed by atoms with Crippen molar-refractivity contribution in [2.75, 3.05) is 6.79 Å². The molecule has 0 aliphatic carbocycles. The van der Waals surface area contributed by atoms with E-state index >= 15 is 0 Å². The van der Waals surface area contributed by atoms with E-state index in [1.54, 1.807) is 4.83 Å². The molecule has 2 N–H and O–H groups in total. The van der Waals surface area contributed by atoms with Gasteiger partial charge in [-0.25, -0.2) is 8.42 Å². The van der Waals surface area contributed by atoms with Crippen molar-refractivity contribution >= 4 is 15.9 Å². The van der Waals surface area contributed by atoms with Crippen molar-refractivity contribution < 1.29 is 35.9 Å². The number of alkyl halides is 3. The number of hydrazine groups is 1. The number of amides is 1. The zero-order valence-corrected chi connectivity index (χ0v) is 13.6. The van der Waals surface area contributed by atoms with Gasteiger partial charge in [-0.2, -0.15) is 13.2 Å². The van der Waals surface area contributed by atoms with E-state index in [0.717, 1.165) is 18.2 Å². The van der Waals surface area contributed by atoms with Crippen LogP contribution in [0.2, 0.25) is 0 Å². The van der Waals surface area contributed by atoms with Gasteiger partial charge in [0.2, 0.25) is 6.79 Å². The van der Waals surface area contributed by atoms with Crippen molar-refractivity contribution in [1.82, 2.24) is 10.3 Å². The Morgan fingerprint density at radius 1 is 1.04 bits per heavy atom. The third-order valence-electron chi connectivity index (χ3n) is 3.42. The molecule has 0 spiro atoms. The van der Waals surface area contributed by atoms with Crippen molar-refractivity contribution in [2.24, 2.45) is 0 Å². The molecule has 2 aromatic rings. The fraction of sp³-hybridized carbons (Fsp3) is 0.133. The lowest BCUT2D eigenvalue weighted by Crippen LogP contribution is -2.42. The van der Waals surface area contributed by atoms with Gasteiger partial charge in [0.15, 0.2) is 11.5 Å². The Bertz CT molecular complexity index is 960. The van der Waals surface area contributed by atoms with Crippen LogP contribution >= 0.6 is 0 Å². The van der Waals surface area contributed by atoms with Gasteiger partial charge in [-0.15, -0.1) is 4.83 Å². The minimum atomic E-state index is -4.87. The molecule has 138 valence electrons. The number of carbonyl (C=O) groups is 1. The molecular formula is C15H11F3N2O5S. The van der Waals surface area contributed by atoms with Gasteiger partial charge in [0, 0.05) is 5.56 Å². The van der Waals surface area contributed by atoms with Gasteiger partial charge >= 0.3 is 6.18 Å². The van der Waals surface area contributed by atoms with Gasteiger partial charge in [-0.1, -0.05) is 12.1 Å². The van der Waals surface area contributed by atoms with E-state index in [1.807, 2.05) is 5.43 Å². The molecule has 2 aromatic carbocycles. The highest BCUT2D eigenvalue weighted by Gasteiger charge is 2.37. The van der Waals surface area contributed by atoms with Crippen LogP contribution in [-0.2, 0) is 16.2 Å². The van der Waals surface area contributed by atoms with E-state index in [2.05, 4.69) is 0 Å². The summed E-state index contributed by atoms with van der Waals surface area (Å²) in [5, 5.41) is 0. The first-order valence-corrected chi connectivity index (χ1v) is 8.55.